The lowest BCUT2D eigenvalue weighted by Gasteiger charge is -2.34. The lowest BCUT2D eigenvalue weighted by molar-refractivity contribution is -0.138. The molecule has 4 heterocycles. The number of carbonyl (C=O) groups excluding carboxylic acids is 1. The zero-order valence-corrected chi connectivity index (χ0v) is 23.7. The van der Waals surface area contributed by atoms with Gasteiger partial charge in [0, 0.05) is 54.1 Å². The van der Waals surface area contributed by atoms with Gasteiger partial charge in [-0.25, -0.2) is 24.5 Å². The Morgan fingerprint density at radius 2 is 2.02 bits per heavy atom. The number of nitrogens with zero attached hydrogens (tertiary/aromatic N) is 4. The third-order valence-electron chi connectivity index (χ3n) is 7.56. The topological polar surface area (TPSA) is 144 Å². The van der Waals surface area contributed by atoms with E-state index in [2.05, 4.69) is 48.3 Å². The highest BCUT2D eigenvalue weighted by Gasteiger charge is 2.26. The van der Waals surface area contributed by atoms with Gasteiger partial charge in [0.2, 0.25) is 0 Å². The number of carbonyl (C=O) groups is 2. The van der Waals surface area contributed by atoms with Crippen molar-refractivity contribution in [1.82, 2.24) is 20.3 Å². The lowest BCUT2D eigenvalue weighted by Crippen LogP contribution is -2.47. The third kappa shape index (κ3) is 6.97. The third-order valence-corrected chi connectivity index (χ3v) is 7.80. The van der Waals surface area contributed by atoms with Gasteiger partial charge in [0.05, 0.1) is 0 Å². The fourth-order valence-electron chi connectivity index (χ4n) is 5.40. The van der Waals surface area contributed by atoms with Crippen molar-refractivity contribution in [2.24, 2.45) is 0 Å². The standard InChI is InChI=1S/C29H35ClN8O3/c1-2-22-26(32-16-24(28(39)40)37-29(41)35-21-7-3-6-20(30)15-21)33-17-34-27(22)38-13-10-18(11-14-38)23-9-8-19-5-4-12-31-25(19)36-23/h3,6-9,15,17-18,24H,2,4-5,10-14,16H2,1H3,(H,31,36)(H,39,40)(H,32,33,34)(H2,35,37,41)/t24-/m0/s1. The molecule has 5 N–H and O–H groups in total. The normalized spacial score (nSPS) is 15.8. The van der Waals surface area contributed by atoms with Gasteiger partial charge in [-0.1, -0.05) is 30.7 Å². The summed E-state index contributed by atoms with van der Waals surface area (Å²) in [5, 5.41) is 21.8. The molecule has 1 saturated heterocycles. The highest BCUT2D eigenvalue weighted by molar-refractivity contribution is 6.30. The maximum absolute atomic E-state index is 12.4. The summed E-state index contributed by atoms with van der Waals surface area (Å²) >= 11 is 5.96. The monoisotopic (exact) mass is 578 g/mol. The highest BCUT2D eigenvalue weighted by Crippen LogP contribution is 2.33. The van der Waals surface area contributed by atoms with Gasteiger partial charge >= 0.3 is 12.0 Å². The van der Waals surface area contributed by atoms with Crippen molar-refractivity contribution >= 4 is 46.7 Å². The van der Waals surface area contributed by atoms with Crippen LogP contribution in [0.2, 0.25) is 5.02 Å². The molecule has 0 aliphatic carbocycles. The summed E-state index contributed by atoms with van der Waals surface area (Å²) in [7, 11) is 0. The number of urea groups is 1. The Morgan fingerprint density at radius 3 is 2.78 bits per heavy atom. The Kier molecular flexibility index (Phi) is 9.03. The van der Waals surface area contributed by atoms with E-state index in [1.807, 2.05) is 6.92 Å². The Morgan fingerprint density at radius 1 is 1.20 bits per heavy atom. The predicted octanol–water partition coefficient (Wildman–Crippen LogP) is 4.52. The van der Waals surface area contributed by atoms with Gasteiger partial charge < -0.3 is 31.3 Å². The van der Waals surface area contributed by atoms with Crippen LogP contribution < -0.4 is 26.2 Å². The van der Waals surface area contributed by atoms with E-state index < -0.39 is 18.0 Å². The van der Waals surface area contributed by atoms with E-state index in [0.717, 1.165) is 68.2 Å². The van der Waals surface area contributed by atoms with Gasteiger partial charge in [-0.15, -0.1) is 0 Å². The number of carboxylic acid groups (broad SMARTS) is 1. The van der Waals surface area contributed by atoms with Gasteiger partial charge in [-0.2, -0.15) is 0 Å². The zero-order valence-electron chi connectivity index (χ0n) is 23.0. The number of nitrogens with one attached hydrogen (secondary N) is 4. The molecule has 1 atom stereocenters. The number of amides is 2. The number of halogens is 1. The smallest absolute Gasteiger partial charge is 0.328 e. The fraction of sp³-hybridized carbons (Fsp3) is 0.414. The van der Waals surface area contributed by atoms with Crippen molar-refractivity contribution < 1.29 is 14.7 Å². The van der Waals surface area contributed by atoms with Crippen LogP contribution in [-0.4, -0.2) is 64.3 Å². The number of aliphatic carboxylic acids is 1. The molecular weight excluding hydrogens is 544 g/mol. The van der Waals surface area contributed by atoms with E-state index in [1.54, 1.807) is 24.3 Å². The van der Waals surface area contributed by atoms with E-state index >= 15 is 0 Å². The second kappa shape index (κ2) is 13.0. The van der Waals surface area contributed by atoms with E-state index in [-0.39, 0.29) is 6.54 Å². The minimum Gasteiger partial charge on any atom is -0.480 e. The highest BCUT2D eigenvalue weighted by atomic mass is 35.5. The van der Waals surface area contributed by atoms with Gasteiger partial charge in [-0.3, -0.25) is 0 Å². The SMILES string of the molecule is CCc1c(NC[C@H](NC(=O)Nc2cccc(Cl)c2)C(=O)O)ncnc1N1CCC(c2ccc3c(n2)NCCC3)CC1. The molecule has 12 heteroatoms. The molecular formula is C29H35ClN8O3. The second-order valence-electron chi connectivity index (χ2n) is 10.3. The number of aromatic nitrogens is 3. The largest absolute Gasteiger partial charge is 0.480 e. The first kappa shape index (κ1) is 28.4. The maximum Gasteiger partial charge on any atom is 0.328 e. The van der Waals surface area contributed by atoms with Crippen molar-refractivity contribution in [2.45, 2.75) is 51.0 Å². The van der Waals surface area contributed by atoms with Crippen LogP contribution in [0.1, 0.15) is 48.9 Å². The van der Waals surface area contributed by atoms with E-state index in [4.69, 9.17) is 16.6 Å². The molecule has 11 nitrogen and oxygen atoms in total. The van der Waals surface area contributed by atoms with Crippen molar-refractivity contribution in [3.63, 3.8) is 0 Å². The molecule has 0 unspecified atom stereocenters. The summed E-state index contributed by atoms with van der Waals surface area (Å²) in [6.07, 6.45) is 6.32. The average molecular weight is 579 g/mol. The van der Waals surface area contributed by atoms with Gasteiger partial charge in [0.25, 0.3) is 0 Å². The number of carboxylic acids is 1. The molecule has 2 aliphatic rings. The molecule has 2 amide bonds. The molecule has 2 aliphatic heterocycles. The summed E-state index contributed by atoms with van der Waals surface area (Å²) < 4.78 is 0. The summed E-state index contributed by atoms with van der Waals surface area (Å²) in [6.45, 7) is 4.62. The number of fused-ring (bicyclic) bond motifs is 1. The number of pyridine rings is 1. The van der Waals surface area contributed by atoms with Crippen molar-refractivity contribution in [2.75, 3.05) is 47.0 Å². The first-order valence-electron chi connectivity index (χ1n) is 14.0. The summed E-state index contributed by atoms with van der Waals surface area (Å²) in [4.78, 5) is 40.5. The Balaban J connectivity index is 1.21. The number of hydrogen-bond donors (Lipinski definition) is 5. The van der Waals surface area contributed by atoms with Gasteiger partial charge in [-0.05, 0) is 61.9 Å². The van der Waals surface area contributed by atoms with Crippen LogP contribution in [-0.2, 0) is 17.6 Å². The van der Waals surface area contributed by atoms with Crippen LogP contribution in [0.25, 0.3) is 0 Å². The minimum absolute atomic E-state index is 0.0537. The number of benzene rings is 1. The molecule has 1 aromatic carbocycles. The Labute approximate surface area is 244 Å². The number of anilines is 4. The van der Waals surface area contributed by atoms with E-state index in [0.29, 0.717) is 28.9 Å². The van der Waals surface area contributed by atoms with E-state index in [9.17, 15) is 14.7 Å². The van der Waals surface area contributed by atoms with Crippen molar-refractivity contribution in [1.29, 1.82) is 0 Å². The molecule has 0 spiro atoms. The van der Waals surface area contributed by atoms with Crippen LogP contribution in [0.3, 0.4) is 0 Å². The Hall–Kier alpha value is -4.12. The zero-order chi connectivity index (χ0) is 28.8. The predicted molar refractivity (Wildman–Crippen MR) is 160 cm³/mol. The van der Waals surface area contributed by atoms with Gasteiger partial charge in [0.15, 0.2) is 0 Å². The Bertz CT molecular complexity index is 1400. The van der Waals surface area contributed by atoms with Crippen molar-refractivity contribution in [3.05, 3.63) is 64.6 Å². The maximum atomic E-state index is 12.4. The average Bonchev–Trinajstić information content (AvgIpc) is 2.98. The number of aryl methyl sites for hydroxylation is 1. The van der Waals surface area contributed by atoms with Crippen LogP contribution in [0, 0.1) is 0 Å². The quantitative estimate of drug-likeness (QED) is 0.247. The summed E-state index contributed by atoms with van der Waals surface area (Å²) in [6, 6.07) is 9.18. The molecule has 3 aromatic rings. The number of piperidine rings is 1. The number of hydrogen-bond acceptors (Lipinski definition) is 8. The summed E-state index contributed by atoms with van der Waals surface area (Å²) in [5.74, 6) is 1.67. The van der Waals surface area contributed by atoms with Crippen LogP contribution in [0.5, 0.6) is 0 Å². The van der Waals surface area contributed by atoms with Gasteiger partial charge in [0.1, 0.15) is 29.8 Å². The fourth-order valence-corrected chi connectivity index (χ4v) is 5.59. The molecule has 0 bridgehead atoms. The molecule has 41 heavy (non-hydrogen) atoms. The molecule has 0 radical (unpaired) electrons. The van der Waals surface area contributed by atoms with Crippen LogP contribution >= 0.6 is 11.6 Å². The first-order chi connectivity index (χ1) is 19.9. The van der Waals surface area contributed by atoms with Crippen LogP contribution in [0.4, 0.5) is 27.9 Å². The molecule has 2 aromatic heterocycles. The minimum atomic E-state index is -1.19. The van der Waals surface area contributed by atoms with E-state index in [1.165, 1.54) is 11.9 Å². The molecule has 5 rings (SSSR count). The second-order valence-corrected chi connectivity index (χ2v) is 10.7. The molecule has 1 fully saturated rings. The molecule has 216 valence electrons. The van der Waals surface area contributed by atoms with Crippen molar-refractivity contribution in [3.8, 4) is 0 Å². The number of rotatable bonds is 9. The lowest BCUT2D eigenvalue weighted by atomic mass is 9.92. The van der Waals surface area contributed by atoms with Crippen LogP contribution in [0.15, 0.2) is 42.7 Å². The first-order valence-corrected chi connectivity index (χ1v) is 14.4. The summed E-state index contributed by atoms with van der Waals surface area (Å²) in [5.41, 5.74) is 3.82. The molecule has 0 saturated carbocycles.